The van der Waals surface area contributed by atoms with E-state index in [2.05, 4.69) is 43.2 Å². The lowest BCUT2D eigenvalue weighted by molar-refractivity contribution is 0.249. The van der Waals surface area contributed by atoms with Gasteiger partial charge in [-0.1, -0.05) is 11.2 Å². The van der Waals surface area contributed by atoms with Crippen molar-refractivity contribution in [3.8, 4) is 0 Å². The van der Waals surface area contributed by atoms with Crippen LogP contribution in [0, 0.1) is 0 Å². The van der Waals surface area contributed by atoms with Crippen LogP contribution in [0.3, 0.4) is 0 Å². The van der Waals surface area contributed by atoms with Crippen LogP contribution in [0.4, 0.5) is 0 Å². The average Bonchev–Trinajstić information content (AvgIpc) is 3.34. The Balaban J connectivity index is 0.00000208. The summed E-state index contributed by atoms with van der Waals surface area (Å²) in [7, 11) is 1.79. The van der Waals surface area contributed by atoms with Crippen LogP contribution in [0.25, 0.3) is 0 Å². The summed E-state index contributed by atoms with van der Waals surface area (Å²) in [5, 5.41) is 12.8. The van der Waals surface area contributed by atoms with Crippen molar-refractivity contribution >= 4 is 41.3 Å². The molecule has 6 nitrogen and oxygen atoms in total. The molecule has 0 amide bonds. The highest BCUT2D eigenvalue weighted by Gasteiger charge is 2.24. The molecule has 0 bridgehead atoms. The largest absolute Gasteiger partial charge is 0.364 e. The Morgan fingerprint density at radius 2 is 2.21 bits per heavy atom. The van der Waals surface area contributed by atoms with E-state index in [1.54, 1.807) is 13.3 Å². The van der Waals surface area contributed by atoms with E-state index >= 15 is 0 Å². The second kappa shape index (κ2) is 10.00. The minimum absolute atomic E-state index is 0. The highest BCUT2D eigenvalue weighted by atomic mass is 127. The third kappa shape index (κ3) is 5.18. The van der Waals surface area contributed by atoms with Crippen molar-refractivity contribution in [3.63, 3.8) is 0 Å². The number of hydrogen-bond donors (Lipinski definition) is 2. The van der Waals surface area contributed by atoms with E-state index in [1.807, 2.05) is 17.4 Å². The van der Waals surface area contributed by atoms with Gasteiger partial charge in [0.15, 0.2) is 5.96 Å². The third-order valence-electron chi connectivity index (χ3n) is 4.07. The first kappa shape index (κ1) is 19.2. The second-order valence-electron chi connectivity index (χ2n) is 5.57. The molecular formula is C16H24IN5OS. The summed E-state index contributed by atoms with van der Waals surface area (Å²) in [5.74, 6) is 0.786. The number of thiophene rings is 1. The monoisotopic (exact) mass is 461 g/mol. The molecule has 24 heavy (non-hydrogen) atoms. The summed E-state index contributed by atoms with van der Waals surface area (Å²) >= 11 is 1.82. The summed E-state index contributed by atoms with van der Waals surface area (Å²) in [5.41, 5.74) is 0.863. The zero-order valence-corrected chi connectivity index (χ0v) is 16.9. The number of nitrogens with zero attached hydrogens (tertiary/aromatic N) is 3. The number of halogens is 1. The van der Waals surface area contributed by atoms with Crippen LogP contribution in [0.15, 0.2) is 39.4 Å². The molecule has 1 aliphatic rings. The molecule has 1 atom stereocenters. The predicted octanol–water partition coefficient (Wildman–Crippen LogP) is 2.86. The van der Waals surface area contributed by atoms with Crippen molar-refractivity contribution in [3.05, 3.63) is 40.4 Å². The number of rotatable bonds is 6. The number of nitrogens with one attached hydrogen (secondary N) is 2. The molecule has 3 rings (SSSR count). The van der Waals surface area contributed by atoms with Crippen molar-refractivity contribution < 1.29 is 4.52 Å². The highest BCUT2D eigenvalue weighted by molar-refractivity contribution is 14.0. The lowest BCUT2D eigenvalue weighted by Gasteiger charge is -2.27. The molecule has 3 heterocycles. The van der Waals surface area contributed by atoms with Gasteiger partial charge in [-0.3, -0.25) is 9.89 Å². The Hall–Kier alpha value is -1.13. The Bertz CT molecular complexity index is 596. The van der Waals surface area contributed by atoms with Crippen molar-refractivity contribution in [1.29, 1.82) is 0 Å². The molecule has 1 fully saturated rings. The van der Waals surface area contributed by atoms with Gasteiger partial charge in [0.05, 0.1) is 12.6 Å². The Morgan fingerprint density at radius 3 is 2.83 bits per heavy atom. The fourth-order valence-corrected chi connectivity index (χ4v) is 3.72. The van der Waals surface area contributed by atoms with Gasteiger partial charge < -0.3 is 15.2 Å². The van der Waals surface area contributed by atoms with Gasteiger partial charge in [0.25, 0.3) is 0 Å². The highest BCUT2D eigenvalue weighted by Crippen LogP contribution is 2.27. The fourth-order valence-electron chi connectivity index (χ4n) is 2.86. The molecule has 0 aliphatic carbocycles. The first-order valence-electron chi connectivity index (χ1n) is 7.98. The molecule has 1 unspecified atom stereocenters. The zero-order chi connectivity index (χ0) is 15.9. The third-order valence-corrected chi connectivity index (χ3v) is 5.04. The first-order chi connectivity index (χ1) is 11.4. The molecule has 1 aliphatic heterocycles. The molecule has 0 saturated carbocycles. The molecular weight excluding hydrogens is 437 g/mol. The summed E-state index contributed by atoms with van der Waals surface area (Å²) in [6, 6.07) is 6.60. The SMILES string of the molecule is CN=C(NCc1ccon1)NCC(c1cccs1)N1CCCC1.I. The predicted molar refractivity (Wildman–Crippen MR) is 108 cm³/mol. The van der Waals surface area contributed by atoms with Crippen LogP contribution in [-0.2, 0) is 6.54 Å². The number of hydrogen-bond acceptors (Lipinski definition) is 5. The van der Waals surface area contributed by atoms with E-state index in [-0.39, 0.29) is 24.0 Å². The number of likely N-dealkylation sites (tertiary alicyclic amines) is 1. The maximum absolute atomic E-state index is 4.84. The zero-order valence-electron chi connectivity index (χ0n) is 13.8. The van der Waals surface area contributed by atoms with Gasteiger partial charge in [-0.25, -0.2) is 0 Å². The van der Waals surface area contributed by atoms with E-state index in [0.717, 1.165) is 18.2 Å². The van der Waals surface area contributed by atoms with Gasteiger partial charge in [-0.2, -0.15) is 0 Å². The second-order valence-corrected chi connectivity index (χ2v) is 6.55. The molecule has 1 saturated heterocycles. The summed E-state index contributed by atoms with van der Waals surface area (Å²) < 4.78 is 4.84. The summed E-state index contributed by atoms with van der Waals surface area (Å²) in [6.07, 6.45) is 4.16. The minimum atomic E-state index is 0. The Morgan fingerprint density at radius 1 is 1.38 bits per heavy atom. The van der Waals surface area contributed by atoms with Crippen LogP contribution in [0.1, 0.15) is 29.5 Å². The van der Waals surface area contributed by atoms with Gasteiger partial charge in [0.1, 0.15) is 12.0 Å². The smallest absolute Gasteiger partial charge is 0.191 e. The van der Waals surface area contributed by atoms with Crippen molar-refractivity contribution in [1.82, 2.24) is 20.7 Å². The maximum atomic E-state index is 4.84. The van der Waals surface area contributed by atoms with E-state index in [9.17, 15) is 0 Å². The summed E-state index contributed by atoms with van der Waals surface area (Å²) in [6.45, 7) is 3.80. The quantitative estimate of drug-likeness (QED) is 0.394. The Kier molecular flexibility index (Phi) is 8.00. The topological polar surface area (TPSA) is 65.7 Å². The van der Waals surface area contributed by atoms with Crippen molar-refractivity contribution in [2.24, 2.45) is 4.99 Å². The van der Waals surface area contributed by atoms with E-state index in [0.29, 0.717) is 12.6 Å². The van der Waals surface area contributed by atoms with E-state index in [1.165, 1.54) is 30.8 Å². The van der Waals surface area contributed by atoms with Crippen LogP contribution in [-0.4, -0.2) is 42.7 Å². The molecule has 8 heteroatoms. The van der Waals surface area contributed by atoms with Crippen LogP contribution >= 0.6 is 35.3 Å². The number of aliphatic imine (C=N–C) groups is 1. The molecule has 2 aromatic rings. The average molecular weight is 461 g/mol. The number of guanidine groups is 1. The molecule has 2 N–H and O–H groups in total. The van der Waals surface area contributed by atoms with Crippen LogP contribution in [0.2, 0.25) is 0 Å². The van der Waals surface area contributed by atoms with Crippen molar-refractivity contribution in [2.75, 3.05) is 26.7 Å². The first-order valence-corrected chi connectivity index (χ1v) is 8.86. The standard InChI is InChI=1S/C16H23N5OS.HI/c1-17-16(18-11-13-6-9-22-20-13)19-12-14(15-5-4-10-23-15)21-7-2-3-8-21;/h4-6,9-10,14H,2-3,7-8,11-12H2,1H3,(H2,17,18,19);1H. The fraction of sp³-hybridized carbons (Fsp3) is 0.500. The van der Waals surface area contributed by atoms with E-state index in [4.69, 9.17) is 4.52 Å². The van der Waals surface area contributed by atoms with Gasteiger partial charge in [0, 0.05) is 24.5 Å². The molecule has 132 valence electrons. The van der Waals surface area contributed by atoms with Gasteiger partial charge >= 0.3 is 0 Å². The number of aromatic nitrogens is 1. The lowest BCUT2D eigenvalue weighted by atomic mass is 10.2. The van der Waals surface area contributed by atoms with Gasteiger partial charge in [-0.15, -0.1) is 35.3 Å². The molecule has 0 spiro atoms. The normalized spacial score (nSPS) is 16.6. The van der Waals surface area contributed by atoms with Gasteiger partial charge in [0.2, 0.25) is 0 Å². The molecule has 0 radical (unpaired) electrons. The van der Waals surface area contributed by atoms with Crippen LogP contribution < -0.4 is 10.6 Å². The van der Waals surface area contributed by atoms with Crippen LogP contribution in [0.5, 0.6) is 0 Å². The van der Waals surface area contributed by atoms with Gasteiger partial charge in [-0.05, 0) is 37.4 Å². The van der Waals surface area contributed by atoms with Crippen molar-refractivity contribution in [2.45, 2.75) is 25.4 Å². The van der Waals surface area contributed by atoms with E-state index < -0.39 is 0 Å². The lowest BCUT2D eigenvalue weighted by Crippen LogP contribution is -2.42. The Labute approximate surface area is 163 Å². The molecule has 2 aromatic heterocycles. The summed E-state index contributed by atoms with van der Waals surface area (Å²) in [4.78, 5) is 8.26. The molecule has 0 aromatic carbocycles. The maximum Gasteiger partial charge on any atom is 0.191 e. The minimum Gasteiger partial charge on any atom is -0.364 e.